The van der Waals surface area contributed by atoms with Crippen LogP contribution in [-0.4, -0.2) is 23.0 Å². The number of aliphatic carboxylic acids is 1. The number of rotatable bonds is 3. The van der Waals surface area contributed by atoms with Crippen LogP contribution in [0.5, 0.6) is 0 Å². The minimum atomic E-state index is -2.41. The Morgan fingerprint density at radius 2 is 1.82 bits per heavy atom. The summed E-state index contributed by atoms with van der Waals surface area (Å²) in [6.45, 7) is 0. The molecule has 0 radical (unpaired) electrons. The van der Waals surface area contributed by atoms with Crippen molar-refractivity contribution in [3.05, 3.63) is 0 Å². The SMILES string of the molecule is O=C(OF)C1CCCCC1(C(=O)O)C(=O)OF. The predicted octanol–water partition coefficient (Wildman–Crippen LogP) is 1.10. The molecule has 0 amide bonds. The van der Waals surface area contributed by atoms with Gasteiger partial charge < -0.3 is 5.11 Å². The van der Waals surface area contributed by atoms with Crippen LogP contribution in [-0.2, 0) is 24.3 Å². The third kappa shape index (κ3) is 2.06. The summed E-state index contributed by atoms with van der Waals surface area (Å²) in [5, 5.41) is 9.01. The Morgan fingerprint density at radius 1 is 1.18 bits per heavy atom. The van der Waals surface area contributed by atoms with E-state index in [-0.39, 0.29) is 19.3 Å². The molecule has 8 heteroatoms. The van der Waals surface area contributed by atoms with E-state index in [4.69, 9.17) is 5.11 Å². The van der Waals surface area contributed by atoms with Crippen molar-refractivity contribution in [1.82, 2.24) is 0 Å². The number of hydrogen-bond acceptors (Lipinski definition) is 5. The molecule has 2 unspecified atom stereocenters. The van der Waals surface area contributed by atoms with Crippen molar-refractivity contribution in [2.45, 2.75) is 25.7 Å². The van der Waals surface area contributed by atoms with Crippen molar-refractivity contribution in [2.75, 3.05) is 0 Å². The lowest BCUT2D eigenvalue weighted by Gasteiger charge is -2.34. The number of carboxylic acid groups (broad SMARTS) is 1. The Hall–Kier alpha value is -1.73. The summed E-state index contributed by atoms with van der Waals surface area (Å²) in [4.78, 5) is 39.4. The highest BCUT2D eigenvalue weighted by Crippen LogP contribution is 2.43. The molecule has 0 heterocycles. The maximum absolute atomic E-state index is 12.0. The van der Waals surface area contributed by atoms with E-state index in [1.807, 2.05) is 0 Å². The van der Waals surface area contributed by atoms with E-state index in [2.05, 4.69) is 9.88 Å². The largest absolute Gasteiger partial charge is 0.480 e. The first-order valence-corrected chi connectivity index (χ1v) is 4.89. The van der Waals surface area contributed by atoms with Gasteiger partial charge in [-0.1, -0.05) is 12.8 Å². The lowest BCUT2D eigenvalue weighted by atomic mass is 9.66. The predicted molar refractivity (Wildman–Crippen MR) is 46.4 cm³/mol. The van der Waals surface area contributed by atoms with Gasteiger partial charge in [0, 0.05) is 9.05 Å². The van der Waals surface area contributed by atoms with E-state index in [0.29, 0.717) is 6.42 Å². The Balaban J connectivity index is 3.18. The summed E-state index contributed by atoms with van der Waals surface area (Å²) in [5.41, 5.74) is -2.41. The number of carbonyl (C=O) groups is 3. The average Bonchev–Trinajstić information content (AvgIpc) is 2.36. The molecule has 0 bridgehead atoms. The fourth-order valence-electron chi connectivity index (χ4n) is 2.20. The van der Waals surface area contributed by atoms with Gasteiger partial charge in [0.25, 0.3) is 0 Å². The van der Waals surface area contributed by atoms with E-state index in [9.17, 15) is 23.4 Å². The van der Waals surface area contributed by atoms with Crippen molar-refractivity contribution < 1.29 is 38.4 Å². The number of carbonyl (C=O) groups excluding carboxylic acids is 2. The van der Waals surface area contributed by atoms with E-state index in [1.165, 1.54) is 0 Å². The minimum Gasteiger partial charge on any atom is -0.480 e. The van der Waals surface area contributed by atoms with Gasteiger partial charge in [-0.3, -0.25) is 14.7 Å². The van der Waals surface area contributed by atoms with Gasteiger partial charge in [0.15, 0.2) is 5.41 Å². The molecule has 1 fully saturated rings. The van der Waals surface area contributed by atoms with E-state index < -0.39 is 29.2 Å². The van der Waals surface area contributed by atoms with Crippen LogP contribution in [0.4, 0.5) is 9.05 Å². The van der Waals surface area contributed by atoms with Crippen molar-refractivity contribution in [3.8, 4) is 0 Å². The second kappa shape index (κ2) is 5.07. The lowest BCUT2D eigenvalue weighted by molar-refractivity contribution is -0.218. The van der Waals surface area contributed by atoms with Gasteiger partial charge in [0.2, 0.25) is 0 Å². The van der Waals surface area contributed by atoms with Crippen molar-refractivity contribution >= 4 is 17.9 Å². The monoisotopic (exact) mass is 252 g/mol. The van der Waals surface area contributed by atoms with Crippen molar-refractivity contribution in [3.63, 3.8) is 0 Å². The number of halogens is 2. The molecular weight excluding hydrogens is 242 g/mol. The van der Waals surface area contributed by atoms with Crippen LogP contribution in [0.3, 0.4) is 0 Å². The fraction of sp³-hybridized carbons (Fsp3) is 0.667. The maximum atomic E-state index is 12.0. The minimum absolute atomic E-state index is 0.0792. The van der Waals surface area contributed by atoms with Crippen LogP contribution in [0.15, 0.2) is 0 Å². The molecule has 0 saturated heterocycles. The zero-order chi connectivity index (χ0) is 13.1. The summed E-state index contributed by atoms with van der Waals surface area (Å²) in [5.74, 6) is -6.52. The molecule has 1 aliphatic rings. The molecule has 6 nitrogen and oxygen atoms in total. The van der Waals surface area contributed by atoms with Gasteiger partial charge in [0.05, 0.1) is 5.92 Å². The first kappa shape index (κ1) is 13.3. The first-order chi connectivity index (χ1) is 8.00. The molecule has 0 aromatic carbocycles. The summed E-state index contributed by atoms with van der Waals surface area (Å²) in [6.07, 6.45) is 0.320. The van der Waals surface area contributed by atoms with Gasteiger partial charge in [-0.15, -0.1) is 0 Å². The molecule has 2 atom stereocenters. The van der Waals surface area contributed by atoms with Gasteiger partial charge in [0.1, 0.15) is 0 Å². The van der Waals surface area contributed by atoms with Crippen molar-refractivity contribution in [2.24, 2.45) is 11.3 Å². The average molecular weight is 252 g/mol. The standard InChI is InChI=1S/C9H10F2O6/c10-16-6(12)5-3-1-2-4-9(5,7(13)14)8(15)17-11/h5H,1-4H2,(H,13,14). The smallest absolute Gasteiger partial charge is 0.366 e. The molecule has 1 aliphatic carbocycles. The number of carboxylic acids is 1. The molecule has 0 aliphatic heterocycles. The topological polar surface area (TPSA) is 89.9 Å². The summed E-state index contributed by atoms with van der Waals surface area (Å²) in [7, 11) is 0. The molecule has 0 spiro atoms. The van der Waals surface area contributed by atoms with Crippen LogP contribution < -0.4 is 0 Å². The molecule has 96 valence electrons. The third-order valence-electron chi connectivity index (χ3n) is 3.09. The second-order valence-corrected chi connectivity index (χ2v) is 3.84. The second-order valence-electron chi connectivity index (χ2n) is 3.84. The summed E-state index contributed by atoms with van der Waals surface area (Å²) < 4.78 is 23.8. The summed E-state index contributed by atoms with van der Waals surface area (Å²) >= 11 is 0. The van der Waals surface area contributed by atoms with Gasteiger partial charge in [-0.05, 0) is 12.8 Å². The molecule has 1 N–H and O–H groups in total. The Morgan fingerprint density at radius 3 is 2.29 bits per heavy atom. The van der Waals surface area contributed by atoms with Crippen LogP contribution in [0.2, 0.25) is 0 Å². The Labute approximate surface area is 94.3 Å². The maximum Gasteiger partial charge on any atom is 0.366 e. The van der Waals surface area contributed by atoms with E-state index in [1.54, 1.807) is 0 Å². The van der Waals surface area contributed by atoms with Crippen LogP contribution in [0.1, 0.15) is 25.7 Å². The highest BCUT2D eigenvalue weighted by molar-refractivity contribution is 6.03. The van der Waals surface area contributed by atoms with Crippen LogP contribution in [0, 0.1) is 11.3 Å². The molecule has 17 heavy (non-hydrogen) atoms. The third-order valence-corrected chi connectivity index (χ3v) is 3.09. The van der Waals surface area contributed by atoms with Crippen LogP contribution >= 0.6 is 0 Å². The zero-order valence-electron chi connectivity index (χ0n) is 8.65. The molecule has 1 rings (SSSR count). The zero-order valence-corrected chi connectivity index (χ0v) is 8.65. The molecule has 0 aromatic rings. The Kier molecular flexibility index (Phi) is 3.97. The van der Waals surface area contributed by atoms with Crippen LogP contribution in [0.25, 0.3) is 0 Å². The highest BCUT2D eigenvalue weighted by atomic mass is 19.3. The summed E-state index contributed by atoms with van der Waals surface area (Å²) in [6, 6.07) is 0. The van der Waals surface area contributed by atoms with Gasteiger partial charge >= 0.3 is 17.9 Å². The van der Waals surface area contributed by atoms with E-state index >= 15 is 0 Å². The normalized spacial score (nSPS) is 28.2. The van der Waals surface area contributed by atoms with Crippen molar-refractivity contribution in [1.29, 1.82) is 0 Å². The van der Waals surface area contributed by atoms with E-state index in [0.717, 1.165) is 0 Å². The van der Waals surface area contributed by atoms with Gasteiger partial charge in [-0.2, -0.15) is 0 Å². The Bertz CT molecular complexity index is 344. The highest BCUT2D eigenvalue weighted by Gasteiger charge is 2.59. The quantitative estimate of drug-likeness (QED) is 0.756. The molecular formula is C9H10F2O6. The number of hydrogen-bond donors (Lipinski definition) is 1. The molecule has 1 saturated carbocycles. The fourth-order valence-corrected chi connectivity index (χ4v) is 2.20. The lowest BCUT2D eigenvalue weighted by Crippen LogP contribution is -2.51. The molecule has 0 aromatic heterocycles. The van der Waals surface area contributed by atoms with Gasteiger partial charge in [-0.25, -0.2) is 9.59 Å². The first-order valence-electron chi connectivity index (χ1n) is 4.89.